The molecular weight excluding hydrogens is 791 g/mol. The monoisotopic (exact) mass is 896 g/mol. The Bertz CT molecular complexity index is 1140. The van der Waals surface area contributed by atoms with Crippen molar-refractivity contribution in [2.24, 2.45) is 0 Å². The number of unbranched alkanes of at least 4 members (excludes halogenated alkanes) is 30. The topological polar surface area (TPSA) is 95.9 Å². The fraction of sp³-hybridized carbons (Fsp3) is 0.793. The maximum atomic E-state index is 13.2. The first kappa shape index (κ1) is 61.6. The van der Waals surface area contributed by atoms with Crippen molar-refractivity contribution in [3.63, 3.8) is 0 Å². The van der Waals surface area contributed by atoms with Gasteiger partial charge in [-0.2, -0.15) is 0 Å². The molecular formula is C58H105NO5. The van der Waals surface area contributed by atoms with Crippen molar-refractivity contribution in [3.05, 3.63) is 60.8 Å². The lowest BCUT2D eigenvalue weighted by Crippen LogP contribution is -2.46. The molecule has 0 saturated carbocycles. The molecule has 0 heterocycles. The third-order valence-electron chi connectivity index (χ3n) is 12.4. The van der Waals surface area contributed by atoms with E-state index >= 15 is 0 Å². The molecule has 64 heavy (non-hydrogen) atoms. The summed E-state index contributed by atoms with van der Waals surface area (Å²) in [6.07, 6.45) is 64.2. The Hall–Kier alpha value is -2.44. The SMILES string of the molecule is CC/C=C/C=C/C=C/CCCCCCCC(CC(=O)NC(CO)C(O)CCCCCCCCCCCCCCCCCCC)OC(=O)CCCCCCCC/C=C/C=C/CCCCC. The van der Waals surface area contributed by atoms with Crippen LogP contribution in [0.15, 0.2) is 60.8 Å². The fourth-order valence-electron chi connectivity index (χ4n) is 8.25. The maximum absolute atomic E-state index is 13.2. The number of carbonyl (C=O) groups excluding carboxylic acids is 2. The Morgan fingerprint density at radius 2 is 0.844 bits per heavy atom. The number of rotatable bonds is 49. The van der Waals surface area contributed by atoms with E-state index in [9.17, 15) is 19.8 Å². The molecule has 3 unspecified atom stereocenters. The van der Waals surface area contributed by atoms with Crippen molar-refractivity contribution in [1.82, 2.24) is 5.32 Å². The number of aliphatic hydroxyl groups is 2. The number of nitrogens with one attached hydrogen (secondary N) is 1. The van der Waals surface area contributed by atoms with E-state index in [-0.39, 0.29) is 24.9 Å². The molecule has 6 heteroatoms. The summed E-state index contributed by atoms with van der Waals surface area (Å²) in [6, 6.07) is -0.713. The minimum absolute atomic E-state index is 0.0585. The van der Waals surface area contributed by atoms with Gasteiger partial charge >= 0.3 is 5.97 Å². The van der Waals surface area contributed by atoms with E-state index in [1.165, 1.54) is 135 Å². The van der Waals surface area contributed by atoms with Gasteiger partial charge in [0.1, 0.15) is 6.10 Å². The van der Waals surface area contributed by atoms with Gasteiger partial charge in [-0.15, -0.1) is 0 Å². The predicted molar refractivity (Wildman–Crippen MR) is 278 cm³/mol. The van der Waals surface area contributed by atoms with E-state index in [1.807, 2.05) is 0 Å². The molecule has 0 rings (SSSR count). The van der Waals surface area contributed by atoms with Crippen LogP contribution >= 0.6 is 0 Å². The normalized spacial score (nSPS) is 13.6. The highest BCUT2D eigenvalue weighted by Crippen LogP contribution is 2.18. The molecule has 0 radical (unpaired) electrons. The van der Waals surface area contributed by atoms with E-state index in [0.29, 0.717) is 19.3 Å². The third kappa shape index (κ3) is 46.1. The second-order valence-corrected chi connectivity index (χ2v) is 18.7. The molecule has 3 N–H and O–H groups in total. The van der Waals surface area contributed by atoms with Crippen LogP contribution in [0.1, 0.15) is 271 Å². The van der Waals surface area contributed by atoms with Crippen molar-refractivity contribution in [2.45, 2.75) is 289 Å². The lowest BCUT2D eigenvalue weighted by atomic mass is 10.0. The van der Waals surface area contributed by atoms with Crippen LogP contribution in [0, 0.1) is 0 Å². The highest BCUT2D eigenvalue weighted by Gasteiger charge is 2.24. The van der Waals surface area contributed by atoms with Gasteiger partial charge < -0.3 is 20.3 Å². The van der Waals surface area contributed by atoms with Crippen LogP contribution in [0.4, 0.5) is 0 Å². The molecule has 0 aliphatic rings. The first-order chi connectivity index (χ1) is 31.5. The van der Waals surface area contributed by atoms with Crippen molar-refractivity contribution >= 4 is 11.9 Å². The van der Waals surface area contributed by atoms with Gasteiger partial charge in [-0.1, -0.05) is 248 Å². The van der Waals surface area contributed by atoms with Crippen molar-refractivity contribution in [3.8, 4) is 0 Å². The number of esters is 1. The summed E-state index contributed by atoms with van der Waals surface area (Å²) in [5.74, 6) is -0.503. The summed E-state index contributed by atoms with van der Waals surface area (Å²) in [4.78, 5) is 26.2. The standard InChI is InChI=1S/C58H105NO5/c1-4-7-10-13-16-19-22-25-27-28-30-32-35-38-41-44-47-50-56(61)55(53-60)59-57(62)52-54(49-46-43-40-37-34-31-24-21-18-15-12-9-6-3)64-58(63)51-48-45-42-39-36-33-29-26-23-20-17-14-11-8-5-2/h9,12,15,17-18,20-21,23-24,26,54-56,60-61H,4-8,10-11,13-14,16,19,22,25,27-53H2,1-3H3,(H,59,62)/b12-9+,18-15+,20-17+,24-21+,26-23+. The average molecular weight is 896 g/mol. The first-order valence-electron chi connectivity index (χ1n) is 27.6. The van der Waals surface area contributed by atoms with Crippen LogP contribution in [0.25, 0.3) is 0 Å². The Morgan fingerprint density at radius 3 is 1.31 bits per heavy atom. The van der Waals surface area contributed by atoms with Gasteiger partial charge in [-0.25, -0.2) is 0 Å². The Balaban J connectivity index is 4.55. The van der Waals surface area contributed by atoms with Crippen LogP contribution in [0.2, 0.25) is 0 Å². The lowest BCUT2D eigenvalue weighted by molar-refractivity contribution is -0.151. The van der Waals surface area contributed by atoms with E-state index in [2.05, 4.69) is 86.8 Å². The summed E-state index contributed by atoms with van der Waals surface area (Å²) in [7, 11) is 0. The maximum Gasteiger partial charge on any atom is 0.306 e. The van der Waals surface area contributed by atoms with Crippen molar-refractivity contribution in [1.29, 1.82) is 0 Å². The smallest absolute Gasteiger partial charge is 0.306 e. The summed E-state index contributed by atoms with van der Waals surface area (Å²) < 4.78 is 5.93. The first-order valence-corrected chi connectivity index (χ1v) is 27.6. The van der Waals surface area contributed by atoms with Gasteiger partial charge in [0.15, 0.2) is 0 Å². The molecule has 0 aromatic carbocycles. The van der Waals surface area contributed by atoms with Crippen LogP contribution in [0.3, 0.4) is 0 Å². The molecule has 6 nitrogen and oxygen atoms in total. The van der Waals surface area contributed by atoms with Gasteiger partial charge in [0, 0.05) is 6.42 Å². The third-order valence-corrected chi connectivity index (χ3v) is 12.4. The van der Waals surface area contributed by atoms with E-state index in [4.69, 9.17) is 4.74 Å². The van der Waals surface area contributed by atoms with Crippen LogP contribution < -0.4 is 5.32 Å². The van der Waals surface area contributed by atoms with Crippen LogP contribution in [0.5, 0.6) is 0 Å². The molecule has 0 aromatic heterocycles. The summed E-state index contributed by atoms with van der Waals surface area (Å²) in [6.45, 7) is 6.33. The number of amides is 1. The number of ether oxygens (including phenoxy) is 1. The predicted octanol–water partition coefficient (Wildman–Crippen LogP) is 16.8. The number of hydrogen-bond donors (Lipinski definition) is 3. The second-order valence-electron chi connectivity index (χ2n) is 18.7. The average Bonchev–Trinajstić information content (AvgIpc) is 3.29. The molecule has 0 bridgehead atoms. The number of aliphatic hydroxyl groups excluding tert-OH is 2. The van der Waals surface area contributed by atoms with Crippen LogP contribution in [-0.4, -0.2) is 46.9 Å². The molecule has 0 aliphatic heterocycles. The van der Waals surface area contributed by atoms with Gasteiger partial charge in [0.2, 0.25) is 5.91 Å². The highest BCUT2D eigenvalue weighted by molar-refractivity contribution is 5.77. The van der Waals surface area contributed by atoms with Gasteiger partial charge in [0.05, 0.1) is 25.2 Å². The number of carbonyl (C=O) groups is 2. The Labute approximate surface area is 397 Å². The Kier molecular flexibility index (Phi) is 49.6. The quantitative estimate of drug-likeness (QED) is 0.0321. The zero-order valence-corrected chi connectivity index (χ0v) is 42.4. The van der Waals surface area contributed by atoms with Crippen molar-refractivity contribution < 1.29 is 24.5 Å². The molecule has 0 aromatic rings. The second kappa shape index (κ2) is 51.5. The Morgan fingerprint density at radius 1 is 0.469 bits per heavy atom. The lowest BCUT2D eigenvalue weighted by Gasteiger charge is -2.24. The summed E-state index contributed by atoms with van der Waals surface area (Å²) >= 11 is 0. The molecule has 0 fully saturated rings. The zero-order valence-electron chi connectivity index (χ0n) is 42.4. The molecule has 1 amide bonds. The molecule has 0 saturated heterocycles. The van der Waals surface area contributed by atoms with Gasteiger partial charge in [-0.05, 0) is 70.6 Å². The molecule has 3 atom stereocenters. The van der Waals surface area contributed by atoms with E-state index < -0.39 is 18.2 Å². The van der Waals surface area contributed by atoms with E-state index in [1.54, 1.807) is 0 Å². The zero-order chi connectivity index (χ0) is 46.7. The minimum atomic E-state index is -0.797. The van der Waals surface area contributed by atoms with E-state index in [0.717, 1.165) is 89.9 Å². The molecule has 372 valence electrons. The summed E-state index contributed by atoms with van der Waals surface area (Å²) in [5.41, 5.74) is 0. The van der Waals surface area contributed by atoms with Gasteiger partial charge in [-0.3, -0.25) is 9.59 Å². The minimum Gasteiger partial charge on any atom is -0.462 e. The van der Waals surface area contributed by atoms with Crippen molar-refractivity contribution in [2.75, 3.05) is 6.61 Å². The van der Waals surface area contributed by atoms with Gasteiger partial charge in [0.25, 0.3) is 0 Å². The fourth-order valence-corrected chi connectivity index (χ4v) is 8.25. The number of allylic oxidation sites excluding steroid dienone is 10. The number of hydrogen-bond acceptors (Lipinski definition) is 5. The summed E-state index contributed by atoms with van der Waals surface area (Å²) in [5, 5.41) is 23.9. The van der Waals surface area contributed by atoms with Crippen LogP contribution in [-0.2, 0) is 14.3 Å². The largest absolute Gasteiger partial charge is 0.462 e. The molecule has 0 spiro atoms. The molecule has 0 aliphatic carbocycles. The highest BCUT2D eigenvalue weighted by atomic mass is 16.5.